The molecule has 1 saturated heterocycles. The summed E-state index contributed by atoms with van der Waals surface area (Å²) < 4.78 is 0. The predicted molar refractivity (Wildman–Crippen MR) is 59.3 cm³/mol. The summed E-state index contributed by atoms with van der Waals surface area (Å²) in [6.07, 6.45) is 1.83. The van der Waals surface area contributed by atoms with Crippen LogP contribution in [-0.2, 0) is 10.2 Å². The van der Waals surface area contributed by atoms with Gasteiger partial charge in [-0.05, 0) is 12.0 Å². The number of carbonyl (C=O) groups is 2. The predicted octanol–water partition coefficient (Wildman–Crippen LogP) is 1.42. The number of amides is 1. The van der Waals surface area contributed by atoms with Gasteiger partial charge in [-0.15, -0.1) is 0 Å². The van der Waals surface area contributed by atoms with Gasteiger partial charge >= 0.3 is 0 Å². The van der Waals surface area contributed by atoms with E-state index in [9.17, 15) is 9.59 Å². The molecule has 2 aliphatic rings. The van der Waals surface area contributed by atoms with E-state index in [1.54, 1.807) is 0 Å². The lowest BCUT2D eigenvalue weighted by Crippen LogP contribution is -2.42. The van der Waals surface area contributed by atoms with Gasteiger partial charge in [-0.25, -0.2) is 0 Å². The van der Waals surface area contributed by atoms with E-state index in [0.717, 1.165) is 17.5 Å². The second-order valence-electron chi connectivity index (χ2n) is 4.70. The van der Waals surface area contributed by atoms with Crippen LogP contribution in [0.5, 0.6) is 0 Å². The summed E-state index contributed by atoms with van der Waals surface area (Å²) in [5.74, 6) is 0.251. The van der Waals surface area contributed by atoms with Gasteiger partial charge in [0.05, 0.1) is 0 Å². The summed E-state index contributed by atoms with van der Waals surface area (Å²) in [4.78, 5) is 23.4. The summed E-state index contributed by atoms with van der Waals surface area (Å²) >= 11 is 0. The van der Waals surface area contributed by atoms with Crippen molar-refractivity contribution in [3.05, 3.63) is 35.4 Å². The molecular formula is C13H13NO2. The summed E-state index contributed by atoms with van der Waals surface area (Å²) in [5.41, 5.74) is 1.68. The first kappa shape index (κ1) is 9.58. The van der Waals surface area contributed by atoms with E-state index in [2.05, 4.69) is 5.32 Å². The van der Waals surface area contributed by atoms with Crippen LogP contribution in [0.4, 0.5) is 0 Å². The smallest absolute Gasteiger partial charge is 0.220 e. The number of fused-ring (bicyclic) bond motifs is 2. The molecule has 1 fully saturated rings. The summed E-state index contributed by atoms with van der Waals surface area (Å²) in [7, 11) is 0. The highest BCUT2D eigenvalue weighted by Crippen LogP contribution is 2.44. The second-order valence-corrected chi connectivity index (χ2v) is 4.70. The average molecular weight is 215 g/mol. The maximum absolute atomic E-state index is 11.9. The van der Waals surface area contributed by atoms with Crippen molar-refractivity contribution in [2.45, 2.75) is 24.7 Å². The number of piperidine rings is 1. The highest BCUT2D eigenvalue weighted by molar-refractivity contribution is 6.03. The van der Waals surface area contributed by atoms with E-state index in [4.69, 9.17) is 0 Å². The maximum Gasteiger partial charge on any atom is 0.220 e. The summed E-state index contributed by atoms with van der Waals surface area (Å²) in [5, 5.41) is 2.83. The number of Topliss-reactive ketones (excluding diaryl/α,β-unsaturated/α-hetero) is 1. The van der Waals surface area contributed by atoms with E-state index in [1.807, 2.05) is 24.3 Å². The molecule has 1 aliphatic heterocycles. The molecule has 3 nitrogen and oxygen atoms in total. The first-order valence-corrected chi connectivity index (χ1v) is 5.61. The molecule has 1 unspecified atom stereocenters. The molecular weight excluding hydrogens is 202 g/mol. The fraction of sp³-hybridized carbons (Fsp3) is 0.385. The van der Waals surface area contributed by atoms with Crippen molar-refractivity contribution in [1.29, 1.82) is 0 Å². The van der Waals surface area contributed by atoms with Crippen LogP contribution in [0.25, 0.3) is 0 Å². The third kappa shape index (κ3) is 1.21. The Bertz CT molecular complexity index is 477. The number of nitrogens with one attached hydrogen (secondary N) is 1. The molecule has 1 N–H and O–H groups in total. The van der Waals surface area contributed by atoms with Crippen molar-refractivity contribution in [2.75, 3.05) is 6.54 Å². The molecule has 1 aromatic carbocycles. The third-order valence-electron chi connectivity index (χ3n) is 3.72. The Balaban J connectivity index is 2.11. The molecule has 0 bridgehead atoms. The minimum atomic E-state index is -0.212. The number of ketones is 1. The molecule has 16 heavy (non-hydrogen) atoms. The number of hydrogen-bond acceptors (Lipinski definition) is 2. The Morgan fingerprint density at radius 2 is 1.94 bits per heavy atom. The number of carbonyl (C=O) groups excluding carboxylic acids is 2. The molecule has 3 heteroatoms. The van der Waals surface area contributed by atoms with Crippen LogP contribution in [0.2, 0.25) is 0 Å². The zero-order valence-corrected chi connectivity index (χ0v) is 8.95. The SMILES string of the molecule is O=C1CC2(CCN1)CC(=O)c1ccccc12. The second kappa shape index (κ2) is 3.17. The quantitative estimate of drug-likeness (QED) is 0.711. The Morgan fingerprint density at radius 1 is 1.12 bits per heavy atom. The minimum absolute atomic E-state index is 0.0655. The van der Waals surface area contributed by atoms with Gasteiger partial charge in [0.25, 0.3) is 0 Å². The lowest BCUT2D eigenvalue weighted by molar-refractivity contribution is -0.123. The number of benzene rings is 1. The van der Waals surface area contributed by atoms with Crippen LogP contribution < -0.4 is 5.32 Å². The summed E-state index contributed by atoms with van der Waals surface area (Å²) in [6, 6.07) is 7.71. The van der Waals surface area contributed by atoms with Gasteiger partial charge < -0.3 is 5.32 Å². The van der Waals surface area contributed by atoms with Crippen LogP contribution in [-0.4, -0.2) is 18.2 Å². The van der Waals surface area contributed by atoms with Crippen molar-refractivity contribution in [3.63, 3.8) is 0 Å². The minimum Gasteiger partial charge on any atom is -0.356 e. The average Bonchev–Trinajstić information content (AvgIpc) is 2.53. The highest BCUT2D eigenvalue weighted by Gasteiger charge is 2.45. The molecule has 0 saturated carbocycles. The van der Waals surface area contributed by atoms with Crippen molar-refractivity contribution in [3.8, 4) is 0 Å². The molecule has 0 radical (unpaired) electrons. The van der Waals surface area contributed by atoms with Gasteiger partial charge in [-0.1, -0.05) is 24.3 Å². The molecule has 1 amide bonds. The number of hydrogen-bond donors (Lipinski definition) is 1. The molecule has 1 heterocycles. The van der Waals surface area contributed by atoms with Crippen LogP contribution in [0.15, 0.2) is 24.3 Å². The van der Waals surface area contributed by atoms with Crippen LogP contribution in [0.3, 0.4) is 0 Å². The first-order valence-electron chi connectivity index (χ1n) is 5.61. The molecule has 1 aromatic rings. The van der Waals surface area contributed by atoms with Gasteiger partial charge in [0.15, 0.2) is 5.78 Å². The monoisotopic (exact) mass is 215 g/mol. The Labute approximate surface area is 93.8 Å². The number of rotatable bonds is 0. The molecule has 3 rings (SSSR count). The van der Waals surface area contributed by atoms with Gasteiger partial charge in [-0.2, -0.15) is 0 Å². The van der Waals surface area contributed by atoms with E-state index >= 15 is 0 Å². The standard InChI is InChI=1S/C13H13NO2/c15-11-7-13(5-6-14-12(16)8-13)10-4-2-1-3-9(10)11/h1-4H,5-8H2,(H,14,16). The van der Waals surface area contributed by atoms with Gasteiger partial charge in [-0.3, -0.25) is 9.59 Å². The highest BCUT2D eigenvalue weighted by atomic mass is 16.1. The van der Waals surface area contributed by atoms with Crippen molar-refractivity contribution in [1.82, 2.24) is 5.32 Å². The van der Waals surface area contributed by atoms with E-state index < -0.39 is 0 Å². The van der Waals surface area contributed by atoms with Crippen LogP contribution in [0.1, 0.15) is 35.2 Å². The van der Waals surface area contributed by atoms with Crippen molar-refractivity contribution < 1.29 is 9.59 Å². The van der Waals surface area contributed by atoms with E-state index in [1.165, 1.54) is 0 Å². The molecule has 82 valence electrons. The summed E-state index contributed by atoms with van der Waals surface area (Å²) in [6.45, 7) is 0.681. The fourth-order valence-corrected chi connectivity index (χ4v) is 2.97. The lowest BCUT2D eigenvalue weighted by Gasteiger charge is -2.33. The van der Waals surface area contributed by atoms with Gasteiger partial charge in [0.2, 0.25) is 5.91 Å². The van der Waals surface area contributed by atoms with Gasteiger partial charge in [0, 0.05) is 30.4 Å². The van der Waals surface area contributed by atoms with Crippen LogP contribution in [0, 0.1) is 0 Å². The Kier molecular flexibility index (Phi) is 1.90. The van der Waals surface area contributed by atoms with Crippen LogP contribution >= 0.6 is 0 Å². The lowest BCUT2D eigenvalue weighted by atomic mass is 9.74. The maximum atomic E-state index is 11.9. The normalized spacial score (nSPS) is 28.0. The molecule has 0 aromatic heterocycles. The van der Waals surface area contributed by atoms with E-state index in [-0.39, 0.29) is 17.1 Å². The molecule has 1 atom stereocenters. The first-order chi connectivity index (χ1) is 7.71. The zero-order chi connectivity index (χ0) is 11.2. The fourth-order valence-electron chi connectivity index (χ4n) is 2.97. The zero-order valence-electron chi connectivity index (χ0n) is 8.95. The molecule has 1 spiro atoms. The van der Waals surface area contributed by atoms with E-state index in [0.29, 0.717) is 19.4 Å². The van der Waals surface area contributed by atoms with Crippen molar-refractivity contribution >= 4 is 11.7 Å². The van der Waals surface area contributed by atoms with Gasteiger partial charge in [0.1, 0.15) is 0 Å². The topological polar surface area (TPSA) is 46.2 Å². The largest absolute Gasteiger partial charge is 0.356 e. The van der Waals surface area contributed by atoms with Crippen molar-refractivity contribution in [2.24, 2.45) is 0 Å². The Morgan fingerprint density at radius 3 is 2.75 bits per heavy atom. The molecule has 1 aliphatic carbocycles. The third-order valence-corrected chi connectivity index (χ3v) is 3.72. The Hall–Kier alpha value is -1.64.